The Morgan fingerprint density at radius 3 is 2.72 bits per heavy atom. The number of hydrazone groups is 1. The zero-order valence-electron chi connectivity index (χ0n) is 16.3. The lowest BCUT2D eigenvalue weighted by Crippen LogP contribution is -2.36. The lowest BCUT2D eigenvalue weighted by Gasteiger charge is -2.28. The Kier molecular flexibility index (Phi) is 6.40. The average molecular weight is 398 g/mol. The minimum atomic E-state index is -0.433. The van der Waals surface area contributed by atoms with Crippen LogP contribution in [0.5, 0.6) is 5.75 Å². The molecule has 1 N–H and O–H groups in total. The van der Waals surface area contributed by atoms with Crippen molar-refractivity contribution in [2.45, 2.75) is 6.92 Å². The van der Waals surface area contributed by atoms with Gasteiger partial charge in [0, 0.05) is 24.7 Å². The van der Waals surface area contributed by atoms with E-state index in [0.29, 0.717) is 48.9 Å². The van der Waals surface area contributed by atoms with Crippen molar-refractivity contribution >= 4 is 23.5 Å². The lowest BCUT2D eigenvalue weighted by molar-refractivity contribution is -0.384. The molecule has 1 heterocycles. The molecule has 3 rings (SSSR count). The highest BCUT2D eigenvalue weighted by Crippen LogP contribution is 2.29. The molecule has 0 unspecified atom stereocenters. The third-order valence-corrected chi connectivity index (χ3v) is 4.53. The average Bonchev–Trinajstić information content (AvgIpc) is 2.74. The molecule has 2 aromatic rings. The quantitative estimate of drug-likeness (QED) is 0.455. The fourth-order valence-corrected chi connectivity index (χ4v) is 3.05. The first-order chi connectivity index (χ1) is 14.0. The maximum absolute atomic E-state index is 12.3. The van der Waals surface area contributed by atoms with Gasteiger partial charge in [-0.15, -0.1) is 0 Å². The molecule has 152 valence electrons. The van der Waals surface area contributed by atoms with E-state index < -0.39 is 10.8 Å². The number of morpholine rings is 1. The van der Waals surface area contributed by atoms with E-state index in [4.69, 9.17) is 9.47 Å². The minimum absolute atomic E-state index is 0.0117. The monoisotopic (exact) mass is 398 g/mol. The van der Waals surface area contributed by atoms with Crippen LogP contribution in [0.3, 0.4) is 0 Å². The lowest BCUT2D eigenvalue weighted by atomic mass is 10.1. The molecule has 9 nitrogen and oxygen atoms in total. The van der Waals surface area contributed by atoms with Crippen molar-refractivity contribution in [2.75, 3.05) is 38.3 Å². The number of hydrogen-bond donors (Lipinski definition) is 1. The third kappa shape index (κ3) is 4.88. The number of carbonyl (C=O) groups is 1. The Labute approximate surface area is 168 Å². The van der Waals surface area contributed by atoms with Crippen LogP contribution in [0.1, 0.15) is 21.5 Å². The number of nitro groups is 1. The van der Waals surface area contributed by atoms with E-state index in [1.165, 1.54) is 19.4 Å². The highest BCUT2D eigenvalue weighted by molar-refractivity contribution is 5.97. The van der Waals surface area contributed by atoms with Crippen LogP contribution >= 0.6 is 0 Å². The number of amides is 1. The number of nitro benzene ring substituents is 1. The molecule has 9 heteroatoms. The summed E-state index contributed by atoms with van der Waals surface area (Å²) in [5.74, 6) is 0.0146. The van der Waals surface area contributed by atoms with Gasteiger partial charge in [0.05, 0.1) is 37.0 Å². The van der Waals surface area contributed by atoms with Crippen molar-refractivity contribution in [3.05, 3.63) is 63.2 Å². The molecule has 0 aliphatic carbocycles. The number of nitrogens with zero attached hydrogens (tertiary/aromatic N) is 3. The third-order valence-electron chi connectivity index (χ3n) is 4.53. The Bertz CT molecular complexity index is 938. The van der Waals surface area contributed by atoms with Crippen molar-refractivity contribution in [3.63, 3.8) is 0 Å². The van der Waals surface area contributed by atoms with Crippen molar-refractivity contribution in [1.29, 1.82) is 0 Å². The van der Waals surface area contributed by atoms with E-state index in [1.807, 2.05) is 11.8 Å². The molecule has 1 amide bonds. The molecular weight excluding hydrogens is 376 g/mol. The fourth-order valence-electron chi connectivity index (χ4n) is 3.05. The maximum atomic E-state index is 12.3. The molecule has 0 bridgehead atoms. The van der Waals surface area contributed by atoms with Gasteiger partial charge in [-0.05, 0) is 30.7 Å². The van der Waals surface area contributed by atoms with Crippen LogP contribution in [0.4, 0.5) is 11.4 Å². The Morgan fingerprint density at radius 1 is 1.28 bits per heavy atom. The summed E-state index contributed by atoms with van der Waals surface area (Å²) in [6, 6.07) is 10.1. The number of methoxy groups -OCH3 is 1. The second kappa shape index (κ2) is 9.16. The van der Waals surface area contributed by atoms with E-state index >= 15 is 0 Å². The predicted molar refractivity (Wildman–Crippen MR) is 109 cm³/mol. The van der Waals surface area contributed by atoms with Crippen LogP contribution in [0.25, 0.3) is 0 Å². The van der Waals surface area contributed by atoms with E-state index in [-0.39, 0.29) is 5.69 Å². The van der Waals surface area contributed by atoms with Gasteiger partial charge in [0.25, 0.3) is 11.6 Å². The van der Waals surface area contributed by atoms with Crippen molar-refractivity contribution in [2.24, 2.45) is 5.10 Å². The molecule has 0 aromatic heterocycles. The molecule has 1 aliphatic rings. The molecule has 29 heavy (non-hydrogen) atoms. The molecule has 2 aromatic carbocycles. The van der Waals surface area contributed by atoms with Crippen molar-refractivity contribution < 1.29 is 19.2 Å². The molecule has 0 radical (unpaired) electrons. The molecular formula is C20H22N4O5. The maximum Gasteiger partial charge on any atom is 0.293 e. The van der Waals surface area contributed by atoms with Crippen LogP contribution in [0.15, 0.2) is 41.5 Å². The van der Waals surface area contributed by atoms with Gasteiger partial charge in [-0.2, -0.15) is 5.10 Å². The SMILES string of the molecule is COc1cc(C)ccc1C(=O)N/N=C\c1ccc(N2CCOCC2)c([N+](=O)[O-])c1. The summed E-state index contributed by atoms with van der Waals surface area (Å²) in [4.78, 5) is 25.3. The van der Waals surface area contributed by atoms with E-state index in [9.17, 15) is 14.9 Å². The van der Waals surface area contributed by atoms with Gasteiger partial charge in [0.1, 0.15) is 11.4 Å². The number of benzene rings is 2. The van der Waals surface area contributed by atoms with Crippen molar-refractivity contribution in [1.82, 2.24) is 5.43 Å². The molecule has 1 saturated heterocycles. The number of nitrogens with one attached hydrogen (secondary N) is 1. The zero-order valence-corrected chi connectivity index (χ0v) is 16.3. The highest BCUT2D eigenvalue weighted by Gasteiger charge is 2.21. The molecule has 0 atom stereocenters. The summed E-state index contributed by atoms with van der Waals surface area (Å²) in [5.41, 5.74) is 4.78. The zero-order chi connectivity index (χ0) is 20.8. The summed E-state index contributed by atoms with van der Waals surface area (Å²) < 4.78 is 10.5. The van der Waals surface area contributed by atoms with Gasteiger partial charge in [0.15, 0.2) is 0 Å². The van der Waals surface area contributed by atoms with Gasteiger partial charge in [0.2, 0.25) is 0 Å². The Hall–Kier alpha value is -3.46. The normalized spacial score (nSPS) is 14.1. The molecule has 0 saturated carbocycles. The summed E-state index contributed by atoms with van der Waals surface area (Å²) >= 11 is 0. The number of hydrogen-bond acceptors (Lipinski definition) is 7. The minimum Gasteiger partial charge on any atom is -0.496 e. The van der Waals surface area contributed by atoms with Crippen LogP contribution in [-0.4, -0.2) is 50.5 Å². The standard InChI is InChI=1S/C20H22N4O5/c1-14-3-5-16(19(11-14)28-2)20(25)22-21-13-15-4-6-17(18(12-15)24(26)27)23-7-9-29-10-8-23/h3-6,11-13H,7-10H2,1-2H3,(H,22,25)/b21-13-. The highest BCUT2D eigenvalue weighted by atomic mass is 16.6. The van der Waals surface area contributed by atoms with Crippen LogP contribution < -0.4 is 15.1 Å². The van der Waals surface area contributed by atoms with E-state index in [2.05, 4.69) is 10.5 Å². The Balaban J connectivity index is 1.74. The second-order valence-corrected chi connectivity index (χ2v) is 6.51. The fraction of sp³-hybridized carbons (Fsp3) is 0.300. The van der Waals surface area contributed by atoms with Gasteiger partial charge in [-0.1, -0.05) is 12.1 Å². The predicted octanol–water partition coefficient (Wildman–Crippen LogP) is 2.51. The smallest absolute Gasteiger partial charge is 0.293 e. The summed E-state index contributed by atoms with van der Waals surface area (Å²) in [5, 5.41) is 15.4. The summed E-state index contributed by atoms with van der Waals surface area (Å²) in [7, 11) is 1.49. The van der Waals surface area contributed by atoms with E-state index in [0.717, 1.165) is 5.56 Å². The van der Waals surface area contributed by atoms with Gasteiger partial charge < -0.3 is 14.4 Å². The van der Waals surface area contributed by atoms with Gasteiger partial charge in [-0.25, -0.2) is 5.43 Å². The summed E-state index contributed by atoms with van der Waals surface area (Å²) in [6.45, 7) is 4.17. The number of anilines is 1. The number of rotatable bonds is 6. The van der Waals surface area contributed by atoms with Crippen molar-refractivity contribution in [3.8, 4) is 5.75 Å². The Morgan fingerprint density at radius 2 is 2.03 bits per heavy atom. The largest absolute Gasteiger partial charge is 0.496 e. The van der Waals surface area contributed by atoms with Crippen LogP contribution in [0, 0.1) is 17.0 Å². The number of carbonyl (C=O) groups excluding carboxylic acids is 1. The van der Waals surface area contributed by atoms with E-state index in [1.54, 1.807) is 30.3 Å². The first-order valence-corrected chi connectivity index (χ1v) is 9.09. The molecule has 1 aliphatic heterocycles. The summed E-state index contributed by atoms with van der Waals surface area (Å²) in [6.07, 6.45) is 1.37. The molecule has 0 spiro atoms. The second-order valence-electron chi connectivity index (χ2n) is 6.51. The first-order valence-electron chi connectivity index (χ1n) is 9.09. The molecule has 1 fully saturated rings. The van der Waals surface area contributed by atoms with Gasteiger partial charge in [-0.3, -0.25) is 14.9 Å². The van der Waals surface area contributed by atoms with Gasteiger partial charge >= 0.3 is 0 Å². The van der Waals surface area contributed by atoms with Crippen LogP contribution in [0.2, 0.25) is 0 Å². The van der Waals surface area contributed by atoms with Crippen LogP contribution in [-0.2, 0) is 4.74 Å². The topological polar surface area (TPSA) is 106 Å². The first kappa shape index (κ1) is 20.3. The number of aryl methyl sites for hydroxylation is 1. The number of ether oxygens (including phenoxy) is 2.